The zero-order valence-electron chi connectivity index (χ0n) is 6.33. The molecule has 0 bridgehead atoms. The predicted molar refractivity (Wildman–Crippen MR) is 35.9 cm³/mol. The number of ether oxygens (including phenoxy) is 2. The van der Waals surface area contributed by atoms with E-state index >= 15 is 0 Å². The van der Waals surface area contributed by atoms with Crippen LogP contribution in [-0.2, 0) is 9.47 Å². The number of aliphatic hydroxyl groups excluding tert-OH is 4. The summed E-state index contributed by atoms with van der Waals surface area (Å²) in [5, 5.41) is 35.3. The van der Waals surface area contributed by atoms with E-state index in [4.69, 9.17) is 20.1 Å². The SMILES string of the molecule is OCO[C@@H]1[C@H](O)[C@H](CO)O[C@H]1O. The lowest BCUT2D eigenvalue weighted by Gasteiger charge is -2.15. The summed E-state index contributed by atoms with van der Waals surface area (Å²) in [6.45, 7) is -1.01. The second-order valence-electron chi connectivity index (χ2n) is 2.50. The minimum absolute atomic E-state index is 0.399. The van der Waals surface area contributed by atoms with Crippen molar-refractivity contribution in [3.05, 3.63) is 0 Å². The third kappa shape index (κ3) is 1.74. The van der Waals surface area contributed by atoms with E-state index in [2.05, 4.69) is 4.74 Å². The topological polar surface area (TPSA) is 99.4 Å². The molecule has 72 valence electrons. The average molecular weight is 180 g/mol. The van der Waals surface area contributed by atoms with Gasteiger partial charge in [0.1, 0.15) is 25.1 Å². The molecule has 1 fully saturated rings. The van der Waals surface area contributed by atoms with Gasteiger partial charge in [-0.05, 0) is 0 Å². The molecule has 1 aliphatic rings. The van der Waals surface area contributed by atoms with Crippen LogP contribution in [0.2, 0.25) is 0 Å². The van der Waals surface area contributed by atoms with Gasteiger partial charge in [-0.15, -0.1) is 0 Å². The Morgan fingerprint density at radius 3 is 2.33 bits per heavy atom. The second kappa shape index (κ2) is 4.13. The molecule has 0 aromatic rings. The van der Waals surface area contributed by atoms with Gasteiger partial charge in [-0.25, -0.2) is 0 Å². The van der Waals surface area contributed by atoms with E-state index in [1.807, 2.05) is 0 Å². The summed E-state index contributed by atoms with van der Waals surface area (Å²) in [5.74, 6) is 0. The van der Waals surface area contributed by atoms with Crippen molar-refractivity contribution in [3.63, 3.8) is 0 Å². The van der Waals surface area contributed by atoms with E-state index in [1.165, 1.54) is 0 Å². The molecule has 0 aromatic carbocycles. The van der Waals surface area contributed by atoms with E-state index < -0.39 is 38.0 Å². The maximum atomic E-state index is 9.27. The summed E-state index contributed by atoms with van der Waals surface area (Å²) in [7, 11) is 0. The monoisotopic (exact) mass is 180 g/mol. The van der Waals surface area contributed by atoms with Gasteiger partial charge in [0.25, 0.3) is 0 Å². The molecule has 4 N–H and O–H groups in total. The Hall–Kier alpha value is -0.240. The first-order valence-corrected chi connectivity index (χ1v) is 3.55. The van der Waals surface area contributed by atoms with E-state index in [-0.39, 0.29) is 0 Å². The Bertz CT molecular complexity index is 140. The minimum atomic E-state index is -1.30. The summed E-state index contributed by atoms with van der Waals surface area (Å²) in [5.41, 5.74) is 0. The average Bonchev–Trinajstić information content (AvgIpc) is 2.32. The zero-order chi connectivity index (χ0) is 9.14. The standard InChI is InChI=1S/C6H12O6/c7-1-3-4(9)5(11-2-8)6(10)12-3/h3-10H,1-2H2/t3-,4+,5+,6+/m0/s1. The normalized spacial score (nSPS) is 42.0. The highest BCUT2D eigenvalue weighted by atomic mass is 16.7. The molecule has 1 rings (SSSR count). The Balaban J connectivity index is 2.51. The molecule has 6 heteroatoms. The Morgan fingerprint density at radius 2 is 1.92 bits per heavy atom. The van der Waals surface area contributed by atoms with Crippen LogP contribution in [0.4, 0.5) is 0 Å². The van der Waals surface area contributed by atoms with Gasteiger partial charge in [-0.3, -0.25) is 0 Å². The van der Waals surface area contributed by atoms with Crippen LogP contribution in [0.5, 0.6) is 0 Å². The van der Waals surface area contributed by atoms with Gasteiger partial charge in [0.05, 0.1) is 6.61 Å². The lowest BCUT2D eigenvalue weighted by atomic mass is 10.1. The third-order valence-corrected chi connectivity index (χ3v) is 1.76. The van der Waals surface area contributed by atoms with Gasteiger partial charge < -0.3 is 29.9 Å². The fourth-order valence-electron chi connectivity index (χ4n) is 1.14. The molecule has 6 nitrogen and oxygen atoms in total. The fraction of sp³-hybridized carbons (Fsp3) is 1.00. The molecule has 0 unspecified atom stereocenters. The van der Waals surface area contributed by atoms with Crippen LogP contribution in [0.1, 0.15) is 0 Å². The lowest BCUT2D eigenvalue weighted by Crippen LogP contribution is -2.36. The van der Waals surface area contributed by atoms with Crippen molar-refractivity contribution < 1.29 is 29.9 Å². The molecule has 0 aliphatic carbocycles. The molecule has 1 heterocycles. The van der Waals surface area contributed by atoms with Gasteiger partial charge in [0.15, 0.2) is 6.29 Å². The van der Waals surface area contributed by atoms with Crippen molar-refractivity contribution in [1.29, 1.82) is 0 Å². The molecule has 0 amide bonds. The summed E-state index contributed by atoms with van der Waals surface area (Å²) < 4.78 is 9.29. The first-order valence-electron chi connectivity index (χ1n) is 3.55. The van der Waals surface area contributed by atoms with Crippen LogP contribution >= 0.6 is 0 Å². The molecular weight excluding hydrogens is 168 g/mol. The van der Waals surface area contributed by atoms with Crippen molar-refractivity contribution in [2.45, 2.75) is 24.6 Å². The van der Waals surface area contributed by atoms with Crippen LogP contribution in [-0.4, -0.2) is 58.4 Å². The van der Waals surface area contributed by atoms with Crippen molar-refractivity contribution in [2.75, 3.05) is 13.4 Å². The van der Waals surface area contributed by atoms with Crippen molar-refractivity contribution in [3.8, 4) is 0 Å². The number of hydrogen-bond acceptors (Lipinski definition) is 6. The highest BCUT2D eigenvalue weighted by Crippen LogP contribution is 2.21. The fourth-order valence-corrected chi connectivity index (χ4v) is 1.14. The van der Waals surface area contributed by atoms with Crippen LogP contribution in [0, 0.1) is 0 Å². The minimum Gasteiger partial charge on any atom is -0.394 e. The maximum Gasteiger partial charge on any atom is 0.184 e. The molecule has 0 radical (unpaired) electrons. The largest absolute Gasteiger partial charge is 0.394 e. The number of hydrogen-bond donors (Lipinski definition) is 4. The van der Waals surface area contributed by atoms with Crippen LogP contribution < -0.4 is 0 Å². The molecule has 1 aliphatic heterocycles. The Morgan fingerprint density at radius 1 is 1.25 bits per heavy atom. The van der Waals surface area contributed by atoms with E-state index in [9.17, 15) is 5.11 Å². The van der Waals surface area contributed by atoms with E-state index in [0.29, 0.717) is 0 Å². The van der Waals surface area contributed by atoms with Gasteiger partial charge >= 0.3 is 0 Å². The van der Waals surface area contributed by atoms with Crippen LogP contribution in [0.3, 0.4) is 0 Å². The van der Waals surface area contributed by atoms with Gasteiger partial charge in [0.2, 0.25) is 0 Å². The van der Waals surface area contributed by atoms with Gasteiger partial charge in [-0.2, -0.15) is 0 Å². The highest BCUT2D eigenvalue weighted by Gasteiger charge is 2.43. The first kappa shape index (κ1) is 9.85. The molecule has 0 spiro atoms. The summed E-state index contributed by atoms with van der Waals surface area (Å²) >= 11 is 0. The van der Waals surface area contributed by atoms with Crippen molar-refractivity contribution in [1.82, 2.24) is 0 Å². The second-order valence-corrected chi connectivity index (χ2v) is 2.50. The Labute approximate surface area is 69.0 Å². The first-order chi connectivity index (χ1) is 5.70. The Kier molecular flexibility index (Phi) is 3.39. The number of rotatable bonds is 3. The van der Waals surface area contributed by atoms with Crippen LogP contribution in [0.25, 0.3) is 0 Å². The predicted octanol–water partition coefficient (Wildman–Crippen LogP) is -2.61. The summed E-state index contributed by atoms with van der Waals surface area (Å²) in [6.07, 6.45) is -4.26. The molecule has 12 heavy (non-hydrogen) atoms. The number of aliphatic hydroxyl groups is 4. The lowest BCUT2D eigenvalue weighted by molar-refractivity contribution is -0.167. The van der Waals surface area contributed by atoms with E-state index in [1.54, 1.807) is 0 Å². The van der Waals surface area contributed by atoms with Gasteiger partial charge in [-0.1, -0.05) is 0 Å². The molecule has 0 saturated carbocycles. The highest BCUT2D eigenvalue weighted by molar-refractivity contribution is 4.86. The maximum absolute atomic E-state index is 9.27. The van der Waals surface area contributed by atoms with Crippen molar-refractivity contribution >= 4 is 0 Å². The molecule has 0 aromatic heterocycles. The quantitative estimate of drug-likeness (QED) is 0.355. The summed E-state index contributed by atoms with van der Waals surface area (Å²) in [4.78, 5) is 0. The zero-order valence-corrected chi connectivity index (χ0v) is 6.33. The van der Waals surface area contributed by atoms with E-state index in [0.717, 1.165) is 0 Å². The van der Waals surface area contributed by atoms with Gasteiger partial charge in [0, 0.05) is 0 Å². The van der Waals surface area contributed by atoms with Crippen LogP contribution in [0.15, 0.2) is 0 Å². The third-order valence-electron chi connectivity index (χ3n) is 1.76. The van der Waals surface area contributed by atoms with Crippen molar-refractivity contribution in [2.24, 2.45) is 0 Å². The molecule has 1 saturated heterocycles. The smallest absolute Gasteiger partial charge is 0.184 e. The molecule has 4 atom stereocenters. The molecular formula is C6H12O6. The summed E-state index contributed by atoms with van der Waals surface area (Å²) in [6, 6.07) is 0.